The summed E-state index contributed by atoms with van der Waals surface area (Å²) in [4.78, 5) is 0. The van der Waals surface area contributed by atoms with Gasteiger partial charge in [0.1, 0.15) is 4.75 Å². The van der Waals surface area contributed by atoms with Gasteiger partial charge in [-0.05, 0) is 33.6 Å². The van der Waals surface area contributed by atoms with E-state index in [1.807, 2.05) is 0 Å². The standard InChI is InChI=1S/C9H18FNO5S2/c1-8(2,18(14,15)16)9(3,10)17(12,13)11-6-4-5-7-11/h4-7H2,1-3H3,(H,14,15,16). The Balaban J connectivity index is 3.29. The summed E-state index contributed by atoms with van der Waals surface area (Å²) in [6, 6.07) is 0. The van der Waals surface area contributed by atoms with Crippen LogP contribution in [-0.2, 0) is 20.1 Å². The highest BCUT2D eigenvalue weighted by molar-refractivity contribution is 7.93. The predicted molar refractivity (Wildman–Crippen MR) is 64.9 cm³/mol. The average Bonchev–Trinajstić information content (AvgIpc) is 2.68. The molecule has 108 valence electrons. The van der Waals surface area contributed by atoms with Gasteiger partial charge in [0.25, 0.3) is 20.1 Å². The van der Waals surface area contributed by atoms with Gasteiger partial charge in [-0.15, -0.1) is 0 Å². The molecule has 0 aromatic carbocycles. The summed E-state index contributed by atoms with van der Waals surface area (Å²) in [6.45, 7) is 2.73. The fourth-order valence-electron chi connectivity index (χ4n) is 1.71. The second-order valence-electron chi connectivity index (χ2n) is 5.01. The number of nitrogens with zero attached hydrogens (tertiary/aromatic N) is 1. The van der Waals surface area contributed by atoms with Crippen LogP contribution in [0.25, 0.3) is 0 Å². The third-order valence-electron chi connectivity index (χ3n) is 3.61. The minimum absolute atomic E-state index is 0.170. The summed E-state index contributed by atoms with van der Waals surface area (Å²) < 4.78 is 68.8. The molecule has 0 amide bonds. The van der Waals surface area contributed by atoms with Crippen molar-refractivity contribution in [2.75, 3.05) is 13.1 Å². The van der Waals surface area contributed by atoms with E-state index < -0.39 is 29.9 Å². The summed E-state index contributed by atoms with van der Waals surface area (Å²) in [7, 11) is -9.31. The predicted octanol–water partition coefficient (Wildman–Crippen LogP) is 0.764. The van der Waals surface area contributed by atoms with Gasteiger partial charge in [0.05, 0.1) is 0 Å². The molecule has 1 saturated heterocycles. The highest BCUT2D eigenvalue weighted by Gasteiger charge is 2.61. The molecule has 1 aliphatic heterocycles. The van der Waals surface area contributed by atoms with Crippen molar-refractivity contribution in [1.29, 1.82) is 0 Å². The van der Waals surface area contributed by atoms with Crippen LogP contribution in [0.15, 0.2) is 0 Å². The molecule has 1 rings (SSSR count). The molecule has 9 heteroatoms. The first-order valence-corrected chi connectivity index (χ1v) is 8.39. The number of sulfonamides is 1. The Bertz CT molecular complexity index is 517. The first kappa shape index (κ1) is 15.8. The van der Waals surface area contributed by atoms with Crippen molar-refractivity contribution in [2.24, 2.45) is 0 Å². The van der Waals surface area contributed by atoms with Crippen molar-refractivity contribution in [1.82, 2.24) is 4.31 Å². The highest BCUT2D eigenvalue weighted by atomic mass is 32.2. The SMILES string of the molecule is CC(C)(C(C)(F)S(=O)(=O)N1CCCC1)S(=O)(=O)O. The molecule has 1 N–H and O–H groups in total. The number of hydrogen-bond acceptors (Lipinski definition) is 4. The Morgan fingerprint density at radius 1 is 1.06 bits per heavy atom. The van der Waals surface area contributed by atoms with Gasteiger partial charge in [-0.3, -0.25) is 4.55 Å². The van der Waals surface area contributed by atoms with Crippen LogP contribution < -0.4 is 0 Å². The Morgan fingerprint density at radius 2 is 1.44 bits per heavy atom. The third kappa shape index (κ3) is 2.17. The van der Waals surface area contributed by atoms with Gasteiger partial charge in [0, 0.05) is 13.1 Å². The number of hydrogen-bond donors (Lipinski definition) is 1. The molecule has 6 nitrogen and oxygen atoms in total. The van der Waals surface area contributed by atoms with Gasteiger partial charge < -0.3 is 0 Å². The molecule has 0 aromatic heterocycles. The van der Waals surface area contributed by atoms with Gasteiger partial charge in [-0.2, -0.15) is 12.7 Å². The van der Waals surface area contributed by atoms with E-state index in [9.17, 15) is 21.2 Å². The minimum atomic E-state index is -4.85. The van der Waals surface area contributed by atoms with Crippen LogP contribution in [0.3, 0.4) is 0 Å². The van der Waals surface area contributed by atoms with Crippen molar-refractivity contribution >= 4 is 20.1 Å². The first-order chi connectivity index (χ1) is 7.86. The zero-order valence-corrected chi connectivity index (χ0v) is 12.2. The minimum Gasteiger partial charge on any atom is -0.285 e. The first-order valence-electron chi connectivity index (χ1n) is 5.51. The lowest BCUT2D eigenvalue weighted by molar-refractivity contribution is 0.211. The Kier molecular flexibility index (Phi) is 3.86. The maximum atomic E-state index is 14.6. The van der Waals surface area contributed by atoms with E-state index in [4.69, 9.17) is 4.55 Å². The monoisotopic (exact) mass is 303 g/mol. The fourth-order valence-corrected chi connectivity index (χ4v) is 4.65. The second-order valence-corrected chi connectivity index (χ2v) is 9.22. The van der Waals surface area contributed by atoms with E-state index in [0.29, 0.717) is 19.8 Å². The van der Waals surface area contributed by atoms with Gasteiger partial charge in [0.15, 0.2) is 0 Å². The Morgan fingerprint density at radius 3 is 1.78 bits per heavy atom. The van der Waals surface area contributed by atoms with Crippen molar-refractivity contribution < 1.29 is 25.8 Å². The molecular formula is C9H18FNO5S2. The van der Waals surface area contributed by atoms with E-state index >= 15 is 0 Å². The van der Waals surface area contributed by atoms with Crippen LogP contribution in [0, 0.1) is 0 Å². The highest BCUT2D eigenvalue weighted by Crippen LogP contribution is 2.40. The lowest BCUT2D eigenvalue weighted by Gasteiger charge is -2.36. The second kappa shape index (κ2) is 4.39. The smallest absolute Gasteiger partial charge is 0.274 e. The third-order valence-corrected chi connectivity index (χ3v) is 7.94. The molecule has 0 aromatic rings. The van der Waals surface area contributed by atoms with Crippen LogP contribution in [-0.4, -0.2) is 48.5 Å². The van der Waals surface area contributed by atoms with Crippen molar-refractivity contribution in [3.8, 4) is 0 Å². The molecule has 1 atom stereocenters. The Labute approximate surface area is 107 Å². The lowest BCUT2D eigenvalue weighted by atomic mass is 10.1. The largest absolute Gasteiger partial charge is 0.285 e. The molecule has 1 fully saturated rings. The van der Waals surface area contributed by atoms with Gasteiger partial charge in [0.2, 0.25) is 5.00 Å². The molecule has 0 bridgehead atoms. The van der Waals surface area contributed by atoms with Crippen LogP contribution in [0.2, 0.25) is 0 Å². The van der Waals surface area contributed by atoms with E-state index in [1.54, 1.807) is 0 Å². The summed E-state index contributed by atoms with van der Waals surface area (Å²) in [6.07, 6.45) is 1.23. The fraction of sp³-hybridized carbons (Fsp3) is 1.00. The lowest BCUT2D eigenvalue weighted by Crippen LogP contribution is -2.58. The molecular weight excluding hydrogens is 285 g/mol. The normalized spacial score (nSPS) is 22.9. The summed E-state index contributed by atoms with van der Waals surface area (Å²) in [5.74, 6) is 0. The molecule has 0 spiro atoms. The summed E-state index contributed by atoms with van der Waals surface area (Å²) >= 11 is 0. The van der Waals surface area contributed by atoms with Crippen LogP contribution in [0.1, 0.15) is 33.6 Å². The van der Waals surface area contributed by atoms with Crippen LogP contribution >= 0.6 is 0 Å². The van der Waals surface area contributed by atoms with Crippen molar-refractivity contribution in [3.05, 3.63) is 0 Å². The molecule has 0 aliphatic carbocycles. The molecule has 1 heterocycles. The molecule has 0 saturated carbocycles. The van der Waals surface area contributed by atoms with Crippen LogP contribution in [0.5, 0.6) is 0 Å². The maximum Gasteiger partial charge on any atom is 0.274 e. The van der Waals surface area contributed by atoms with Gasteiger partial charge in [-0.1, -0.05) is 0 Å². The molecule has 18 heavy (non-hydrogen) atoms. The van der Waals surface area contributed by atoms with E-state index in [0.717, 1.165) is 18.2 Å². The number of alkyl halides is 1. The van der Waals surface area contributed by atoms with E-state index in [-0.39, 0.29) is 13.1 Å². The number of rotatable bonds is 4. The zero-order valence-electron chi connectivity index (χ0n) is 10.6. The zero-order chi connectivity index (χ0) is 14.4. The number of halogens is 1. The summed E-state index contributed by atoms with van der Waals surface area (Å²) in [5, 5.41) is -3.10. The molecule has 0 radical (unpaired) electrons. The van der Waals surface area contributed by atoms with E-state index in [1.165, 1.54) is 0 Å². The van der Waals surface area contributed by atoms with Gasteiger partial charge in [-0.25, -0.2) is 12.8 Å². The van der Waals surface area contributed by atoms with Crippen molar-refractivity contribution in [3.63, 3.8) is 0 Å². The Hall–Kier alpha value is -0.250. The topological polar surface area (TPSA) is 91.8 Å². The maximum absolute atomic E-state index is 14.6. The van der Waals surface area contributed by atoms with Crippen molar-refractivity contribution in [2.45, 2.75) is 43.4 Å². The molecule has 1 aliphatic rings. The molecule has 1 unspecified atom stereocenters. The summed E-state index contributed by atoms with van der Waals surface area (Å²) in [5.41, 5.74) is 0. The quantitative estimate of drug-likeness (QED) is 0.774. The van der Waals surface area contributed by atoms with Gasteiger partial charge >= 0.3 is 0 Å². The van der Waals surface area contributed by atoms with Crippen LogP contribution in [0.4, 0.5) is 4.39 Å². The van der Waals surface area contributed by atoms with E-state index in [2.05, 4.69) is 0 Å². The average molecular weight is 303 g/mol.